The molecule has 1 rings (SSSR count). The molecule has 0 aliphatic heterocycles. The van der Waals surface area contributed by atoms with Gasteiger partial charge < -0.3 is 4.18 Å². The molecule has 0 spiro atoms. The quantitative estimate of drug-likeness (QED) is 0.633. The fourth-order valence-corrected chi connectivity index (χ4v) is 2.05. The van der Waals surface area contributed by atoms with Crippen molar-refractivity contribution >= 4 is 16.0 Å². The molecular formula is C9H12N2O5S. The van der Waals surface area contributed by atoms with Gasteiger partial charge in [-0.05, 0) is 26.0 Å². The number of benzene rings is 1. The smallest absolute Gasteiger partial charge is 0.371 e. The summed E-state index contributed by atoms with van der Waals surface area (Å²) >= 11 is 0. The molecule has 1 aromatic rings. The highest BCUT2D eigenvalue weighted by Crippen LogP contribution is 2.18. The lowest BCUT2D eigenvalue weighted by Crippen LogP contribution is -2.33. The van der Waals surface area contributed by atoms with Crippen LogP contribution < -0.4 is 8.91 Å². The summed E-state index contributed by atoms with van der Waals surface area (Å²) in [6.07, 6.45) is 0. The fraction of sp³-hybridized carbons (Fsp3) is 0.333. The Labute approximate surface area is 98.8 Å². The molecule has 0 bridgehead atoms. The fourth-order valence-electron chi connectivity index (χ4n) is 1.06. The minimum Gasteiger partial charge on any atom is -0.371 e. The van der Waals surface area contributed by atoms with Crippen molar-refractivity contribution in [2.45, 2.75) is 19.9 Å². The largest absolute Gasteiger partial charge is 0.382 e. The minimum absolute atomic E-state index is 0.0174. The molecule has 7 nitrogen and oxygen atoms in total. The zero-order valence-corrected chi connectivity index (χ0v) is 10.1. The van der Waals surface area contributed by atoms with Crippen molar-refractivity contribution in [3.8, 4) is 5.75 Å². The molecule has 0 saturated carbocycles. The summed E-state index contributed by atoms with van der Waals surface area (Å²) in [7, 11) is -3.89. The average molecular weight is 260 g/mol. The van der Waals surface area contributed by atoms with Crippen LogP contribution in [-0.2, 0) is 10.3 Å². The van der Waals surface area contributed by atoms with Crippen LogP contribution in [0.3, 0.4) is 0 Å². The molecule has 1 aromatic carbocycles. The van der Waals surface area contributed by atoms with Crippen molar-refractivity contribution in [1.82, 2.24) is 4.72 Å². The zero-order valence-electron chi connectivity index (χ0n) is 9.28. The van der Waals surface area contributed by atoms with Crippen LogP contribution in [0.4, 0.5) is 5.69 Å². The first kappa shape index (κ1) is 13.4. The summed E-state index contributed by atoms with van der Waals surface area (Å²) in [6, 6.07) is 4.48. The molecule has 17 heavy (non-hydrogen) atoms. The number of nitrogens with zero attached hydrogens (tertiary/aromatic N) is 1. The number of nitro groups is 1. The summed E-state index contributed by atoms with van der Waals surface area (Å²) in [6.45, 7) is 3.30. The maximum atomic E-state index is 11.4. The molecule has 0 amide bonds. The summed E-state index contributed by atoms with van der Waals surface area (Å²) in [4.78, 5) is 9.80. The number of hydrogen-bond donors (Lipinski definition) is 1. The van der Waals surface area contributed by atoms with Gasteiger partial charge in [0.15, 0.2) is 0 Å². The molecule has 0 aliphatic rings. The van der Waals surface area contributed by atoms with Gasteiger partial charge in [-0.1, -0.05) is 0 Å². The predicted molar refractivity (Wildman–Crippen MR) is 60.9 cm³/mol. The topological polar surface area (TPSA) is 98.5 Å². The highest BCUT2D eigenvalue weighted by Gasteiger charge is 2.14. The third kappa shape index (κ3) is 4.37. The normalized spacial score (nSPS) is 11.5. The van der Waals surface area contributed by atoms with E-state index in [2.05, 4.69) is 8.91 Å². The van der Waals surface area contributed by atoms with E-state index in [1.54, 1.807) is 13.8 Å². The molecule has 1 N–H and O–H groups in total. The van der Waals surface area contributed by atoms with Crippen LogP contribution in [0, 0.1) is 10.1 Å². The van der Waals surface area contributed by atoms with E-state index in [0.717, 1.165) is 0 Å². The maximum absolute atomic E-state index is 11.4. The van der Waals surface area contributed by atoms with Gasteiger partial charge in [-0.3, -0.25) is 10.1 Å². The Morgan fingerprint density at radius 1 is 1.29 bits per heavy atom. The van der Waals surface area contributed by atoms with E-state index in [-0.39, 0.29) is 17.5 Å². The van der Waals surface area contributed by atoms with E-state index < -0.39 is 15.2 Å². The number of rotatable bonds is 5. The second-order valence-electron chi connectivity index (χ2n) is 3.56. The molecule has 8 heteroatoms. The SMILES string of the molecule is CC(C)NS(=O)(=O)Oc1ccc([N+](=O)[O-])cc1. The Morgan fingerprint density at radius 3 is 2.24 bits per heavy atom. The Kier molecular flexibility index (Phi) is 4.02. The van der Waals surface area contributed by atoms with Crippen LogP contribution in [0.5, 0.6) is 5.75 Å². The van der Waals surface area contributed by atoms with Crippen LogP contribution in [0.2, 0.25) is 0 Å². The summed E-state index contributed by atoms with van der Waals surface area (Å²) in [5, 5.41) is 10.4. The Balaban J connectivity index is 2.79. The highest BCUT2D eigenvalue weighted by molar-refractivity contribution is 7.85. The van der Waals surface area contributed by atoms with E-state index in [1.807, 2.05) is 0 Å². The predicted octanol–water partition coefficient (Wildman–Crippen LogP) is 1.22. The van der Waals surface area contributed by atoms with Gasteiger partial charge in [0, 0.05) is 18.2 Å². The summed E-state index contributed by atoms with van der Waals surface area (Å²) in [5.41, 5.74) is -0.133. The molecule has 0 aliphatic carbocycles. The Morgan fingerprint density at radius 2 is 1.82 bits per heavy atom. The van der Waals surface area contributed by atoms with Gasteiger partial charge in [0.1, 0.15) is 5.75 Å². The van der Waals surface area contributed by atoms with Crippen molar-refractivity contribution in [2.24, 2.45) is 0 Å². The molecule has 0 atom stereocenters. The highest BCUT2D eigenvalue weighted by atomic mass is 32.2. The van der Waals surface area contributed by atoms with Gasteiger partial charge in [0.2, 0.25) is 0 Å². The van der Waals surface area contributed by atoms with E-state index >= 15 is 0 Å². The van der Waals surface area contributed by atoms with Crippen molar-refractivity contribution in [2.75, 3.05) is 0 Å². The van der Waals surface area contributed by atoms with E-state index in [9.17, 15) is 18.5 Å². The van der Waals surface area contributed by atoms with Crippen LogP contribution in [0.25, 0.3) is 0 Å². The number of non-ortho nitro benzene ring substituents is 1. The van der Waals surface area contributed by atoms with Crippen LogP contribution >= 0.6 is 0 Å². The van der Waals surface area contributed by atoms with E-state index in [4.69, 9.17) is 0 Å². The Hall–Kier alpha value is -1.67. The molecule has 0 saturated heterocycles. The lowest BCUT2D eigenvalue weighted by Gasteiger charge is -2.09. The van der Waals surface area contributed by atoms with Crippen molar-refractivity contribution < 1.29 is 17.5 Å². The monoisotopic (exact) mass is 260 g/mol. The second kappa shape index (κ2) is 5.11. The van der Waals surface area contributed by atoms with Gasteiger partial charge in [-0.2, -0.15) is 13.1 Å². The molecule has 0 fully saturated rings. The van der Waals surface area contributed by atoms with Crippen LogP contribution in [0.15, 0.2) is 24.3 Å². The lowest BCUT2D eigenvalue weighted by atomic mass is 10.3. The van der Waals surface area contributed by atoms with Crippen molar-refractivity contribution in [3.05, 3.63) is 34.4 Å². The van der Waals surface area contributed by atoms with Gasteiger partial charge >= 0.3 is 10.3 Å². The van der Waals surface area contributed by atoms with Gasteiger partial charge in [0.05, 0.1) is 4.92 Å². The zero-order chi connectivity index (χ0) is 13.1. The molecule has 0 unspecified atom stereocenters. The summed E-state index contributed by atoms with van der Waals surface area (Å²) < 4.78 is 29.6. The molecule has 94 valence electrons. The van der Waals surface area contributed by atoms with Gasteiger partial charge in [-0.15, -0.1) is 0 Å². The van der Waals surface area contributed by atoms with Gasteiger partial charge in [0.25, 0.3) is 5.69 Å². The van der Waals surface area contributed by atoms with E-state index in [0.29, 0.717) is 0 Å². The first-order valence-corrected chi connectivity index (χ1v) is 6.17. The molecule has 0 aromatic heterocycles. The molecule has 0 radical (unpaired) electrons. The van der Waals surface area contributed by atoms with E-state index in [1.165, 1.54) is 24.3 Å². The minimum atomic E-state index is -3.89. The first-order chi connectivity index (χ1) is 7.80. The maximum Gasteiger partial charge on any atom is 0.382 e. The first-order valence-electron chi connectivity index (χ1n) is 4.76. The van der Waals surface area contributed by atoms with Crippen LogP contribution in [-0.4, -0.2) is 19.4 Å². The van der Waals surface area contributed by atoms with Crippen molar-refractivity contribution in [1.29, 1.82) is 0 Å². The third-order valence-electron chi connectivity index (χ3n) is 1.63. The Bertz CT molecular complexity index is 495. The number of nitro benzene ring substituents is 1. The summed E-state index contributed by atoms with van der Waals surface area (Å²) in [5.74, 6) is 0.0174. The van der Waals surface area contributed by atoms with Crippen molar-refractivity contribution in [3.63, 3.8) is 0 Å². The molecule has 0 heterocycles. The average Bonchev–Trinajstić information content (AvgIpc) is 2.15. The number of nitrogens with one attached hydrogen (secondary N) is 1. The third-order valence-corrected chi connectivity index (χ3v) is 2.81. The standard InChI is InChI=1S/C9H12N2O5S/c1-7(2)10-17(14,15)16-9-5-3-8(4-6-9)11(12)13/h3-7,10H,1-2H3. The van der Waals surface area contributed by atoms with Gasteiger partial charge in [-0.25, -0.2) is 0 Å². The second-order valence-corrected chi connectivity index (χ2v) is 4.87. The lowest BCUT2D eigenvalue weighted by molar-refractivity contribution is -0.384. The van der Waals surface area contributed by atoms with Crippen LogP contribution in [0.1, 0.15) is 13.8 Å². The number of hydrogen-bond acceptors (Lipinski definition) is 5. The molecular weight excluding hydrogens is 248 g/mol.